The van der Waals surface area contributed by atoms with Crippen LogP contribution in [0, 0.1) is 3.57 Å². The lowest BCUT2D eigenvalue weighted by Gasteiger charge is -2.09. The van der Waals surface area contributed by atoms with Gasteiger partial charge in [0.1, 0.15) is 19.0 Å². The van der Waals surface area contributed by atoms with Crippen molar-refractivity contribution in [1.82, 2.24) is 5.32 Å². The van der Waals surface area contributed by atoms with E-state index in [9.17, 15) is 4.79 Å². The van der Waals surface area contributed by atoms with Crippen molar-refractivity contribution < 1.29 is 14.3 Å². The van der Waals surface area contributed by atoms with Gasteiger partial charge in [0.05, 0.1) is 6.54 Å². The topological polar surface area (TPSA) is 47.6 Å². The molecule has 0 saturated carbocycles. The third kappa shape index (κ3) is 6.23. The quantitative estimate of drug-likeness (QED) is 0.498. The summed E-state index contributed by atoms with van der Waals surface area (Å²) < 4.78 is 12.7. The number of nitrogens with one attached hydrogen (secondary N) is 1. The van der Waals surface area contributed by atoms with Gasteiger partial charge in [0, 0.05) is 8.04 Å². The predicted molar refractivity (Wildman–Crippen MR) is 97.0 cm³/mol. The van der Waals surface area contributed by atoms with Crippen LogP contribution in [-0.4, -0.2) is 19.2 Å². The van der Waals surface area contributed by atoms with Crippen LogP contribution in [0.15, 0.2) is 53.0 Å². The number of carbonyl (C=O) groups excluding carboxylic acids is 1. The van der Waals surface area contributed by atoms with Crippen molar-refractivity contribution in [3.8, 4) is 5.75 Å². The number of alkyl carbamates (subject to hydrolysis) is 1. The molecular formula is C16H15BrINO3. The molecule has 1 amide bonds. The molecule has 0 aliphatic carbocycles. The average molecular weight is 476 g/mol. The van der Waals surface area contributed by atoms with E-state index in [1.165, 1.54) is 0 Å². The predicted octanol–water partition coefficient (Wildman–Crippen LogP) is 4.36. The molecule has 0 fully saturated rings. The van der Waals surface area contributed by atoms with E-state index in [0.29, 0.717) is 13.2 Å². The van der Waals surface area contributed by atoms with Crippen molar-refractivity contribution in [1.29, 1.82) is 0 Å². The molecule has 0 saturated heterocycles. The SMILES string of the molecule is O=C(NCCOc1cc(Br)cc(I)c1)OCc1ccccc1. The Morgan fingerprint density at radius 2 is 1.95 bits per heavy atom. The Morgan fingerprint density at radius 3 is 2.68 bits per heavy atom. The molecule has 1 N–H and O–H groups in total. The Labute approximate surface area is 151 Å². The minimum Gasteiger partial charge on any atom is -0.492 e. The molecule has 6 heteroatoms. The number of amides is 1. The summed E-state index contributed by atoms with van der Waals surface area (Å²) in [7, 11) is 0. The molecule has 0 aliphatic heterocycles. The summed E-state index contributed by atoms with van der Waals surface area (Å²) in [6, 6.07) is 15.4. The lowest BCUT2D eigenvalue weighted by Crippen LogP contribution is -2.28. The van der Waals surface area contributed by atoms with Gasteiger partial charge in [-0.3, -0.25) is 0 Å². The van der Waals surface area contributed by atoms with Gasteiger partial charge in [0.25, 0.3) is 0 Å². The average Bonchev–Trinajstić information content (AvgIpc) is 2.50. The summed E-state index contributed by atoms with van der Waals surface area (Å²) in [6.45, 7) is 1.03. The van der Waals surface area contributed by atoms with Gasteiger partial charge in [-0.2, -0.15) is 0 Å². The van der Waals surface area contributed by atoms with Crippen molar-refractivity contribution in [2.24, 2.45) is 0 Å². The molecule has 116 valence electrons. The Morgan fingerprint density at radius 1 is 1.18 bits per heavy atom. The van der Waals surface area contributed by atoms with Crippen LogP contribution in [-0.2, 0) is 11.3 Å². The van der Waals surface area contributed by atoms with Crippen LogP contribution in [0.4, 0.5) is 4.79 Å². The number of carbonyl (C=O) groups is 1. The molecule has 0 aromatic heterocycles. The molecule has 0 spiro atoms. The molecule has 0 bridgehead atoms. The number of rotatable bonds is 6. The highest BCUT2D eigenvalue weighted by molar-refractivity contribution is 14.1. The molecule has 2 aromatic rings. The van der Waals surface area contributed by atoms with Crippen molar-refractivity contribution >= 4 is 44.6 Å². The van der Waals surface area contributed by atoms with Gasteiger partial charge in [-0.05, 0) is 46.4 Å². The Kier molecular flexibility index (Phi) is 6.98. The van der Waals surface area contributed by atoms with Crippen LogP contribution in [0.2, 0.25) is 0 Å². The largest absolute Gasteiger partial charge is 0.492 e. The van der Waals surface area contributed by atoms with Gasteiger partial charge in [-0.25, -0.2) is 4.79 Å². The summed E-state index contributed by atoms with van der Waals surface area (Å²) in [4.78, 5) is 11.5. The first-order valence-electron chi connectivity index (χ1n) is 6.67. The number of halogens is 2. The van der Waals surface area contributed by atoms with E-state index in [-0.39, 0.29) is 6.61 Å². The van der Waals surface area contributed by atoms with E-state index in [2.05, 4.69) is 43.8 Å². The van der Waals surface area contributed by atoms with E-state index >= 15 is 0 Å². The highest BCUT2D eigenvalue weighted by Gasteiger charge is 2.03. The minimum absolute atomic E-state index is 0.261. The zero-order valence-electron chi connectivity index (χ0n) is 11.7. The van der Waals surface area contributed by atoms with E-state index in [0.717, 1.165) is 19.4 Å². The third-order valence-corrected chi connectivity index (χ3v) is 3.77. The maximum Gasteiger partial charge on any atom is 0.407 e. The molecule has 2 rings (SSSR count). The van der Waals surface area contributed by atoms with Gasteiger partial charge in [-0.15, -0.1) is 0 Å². The number of hydrogen-bond donors (Lipinski definition) is 1. The first kappa shape index (κ1) is 17.1. The van der Waals surface area contributed by atoms with Crippen LogP contribution in [0.5, 0.6) is 5.75 Å². The molecule has 22 heavy (non-hydrogen) atoms. The number of hydrogen-bond acceptors (Lipinski definition) is 3. The lowest BCUT2D eigenvalue weighted by atomic mass is 10.2. The Hall–Kier alpha value is -1.28. The zero-order chi connectivity index (χ0) is 15.8. The minimum atomic E-state index is -0.448. The van der Waals surface area contributed by atoms with Crippen LogP contribution < -0.4 is 10.1 Å². The maximum absolute atomic E-state index is 11.5. The van der Waals surface area contributed by atoms with Gasteiger partial charge in [0.15, 0.2) is 0 Å². The summed E-state index contributed by atoms with van der Waals surface area (Å²) in [5, 5.41) is 2.65. The maximum atomic E-state index is 11.5. The normalized spacial score (nSPS) is 10.1. The summed E-state index contributed by atoms with van der Waals surface area (Å²) in [6.07, 6.45) is -0.448. The molecular weight excluding hydrogens is 461 g/mol. The van der Waals surface area contributed by atoms with Crippen LogP contribution in [0.25, 0.3) is 0 Å². The van der Waals surface area contributed by atoms with E-state index in [1.54, 1.807) is 0 Å². The van der Waals surface area contributed by atoms with E-state index < -0.39 is 6.09 Å². The molecule has 4 nitrogen and oxygen atoms in total. The number of ether oxygens (including phenoxy) is 2. The molecule has 0 radical (unpaired) electrons. The summed E-state index contributed by atoms with van der Waals surface area (Å²) in [5.74, 6) is 0.762. The molecule has 0 aliphatic rings. The van der Waals surface area contributed by atoms with Gasteiger partial charge in [-0.1, -0.05) is 46.3 Å². The Balaban J connectivity index is 1.64. The fraction of sp³-hybridized carbons (Fsp3) is 0.188. The lowest BCUT2D eigenvalue weighted by molar-refractivity contribution is 0.137. The highest BCUT2D eigenvalue weighted by atomic mass is 127. The van der Waals surface area contributed by atoms with Gasteiger partial charge in [0.2, 0.25) is 0 Å². The highest BCUT2D eigenvalue weighted by Crippen LogP contribution is 2.22. The Bertz CT molecular complexity index is 602. The van der Waals surface area contributed by atoms with Crippen LogP contribution >= 0.6 is 38.5 Å². The molecule has 0 heterocycles. The van der Waals surface area contributed by atoms with Gasteiger partial charge >= 0.3 is 6.09 Å². The monoisotopic (exact) mass is 475 g/mol. The first-order chi connectivity index (χ1) is 10.6. The molecule has 0 unspecified atom stereocenters. The standard InChI is InChI=1S/C16H15BrINO3/c17-13-8-14(18)10-15(9-13)21-7-6-19-16(20)22-11-12-4-2-1-3-5-12/h1-5,8-10H,6-7,11H2,(H,19,20). The van der Waals surface area contributed by atoms with Crippen LogP contribution in [0.1, 0.15) is 5.56 Å². The van der Waals surface area contributed by atoms with E-state index in [4.69, 9.17) is 9.47 Å². The summed E-state index contributed by atoms with van der Waals surface area (Å²) >= 11 is 5.63. The van der Waals surface area contributed by atoms with E-state index in [1.807, 2.05) is 48.5 Å². The van der Waals surface area contributed by atoms with Gasteiger partial charge < -0.3 is 14.8 Å². The second-order valence-electron chi connectivity index (χ2n) is 4.44. The fourth-order valence-corrected chi connectivity index (χ4v) is 3.25. The third-order valence-electron chi connectivity index (χ3n) is 2.69. The molecule has 2 aromatic carbocycles. The first-order valence-corrected chi connectivity index (χ1v) is 8.54. The van der Waals surface area contributed by atoms with Crippen molar-refractivity contribution in [3.05, 3.63) is 62.1 Å². The summed E-state index contributed by atoms with van der Waals surface area (Å²) in [5.41, 5.74) is 0.956. The van der Waals surface area contributed by atoms with Crippen molar-refractivity contribution in [2.75, 3.05) is 13.2 Å². The van der Waals surface area contributed by atoms with Crippen molar-refractivity contribution in [3.63, 3.8) is 0 Å². The second-order valence-corrected chi connectivity index (χ2v) is 6.60. The number of benzene rings is 2. The van der Waals surface area contributed by atoms with Crippen LogP contribution in [0.3, 0.4) is 0 Å². The smallest absolute Gasteiger partial charge is 0.407 e. The fourth-order valence-electron chi connectivity index (χ4n) is 1.71. The molecule has 0 atom stereocenters. The zero-order valence-corrected chi connectivity index (χ0v) is 15.5. The second kappa shape index (κ2) is 8.99. The van der Waals surface area contributed by atoms with Crippen molar-refractivity contribution in [2.45, 2.75) is 6.61 Å².